The van der Waals surface area contributed by atoms with E-state index in [0.717, 1.165) is 43.2 Å². The van der Waals surface area contributed by atoms with Crippen LogP contribution in [-0.2, 0) is 33.6 Å². The van der Waals surface area contributed by atoms with Crippen molar-refractivity contribution in [1.29, 1.82) is 0 Å². The van der Waals surface area contributed by atoms with Gasteiger partial charge in [0.15, 0.2) is 0 Å². The number of rotatable bonds is 19. The van der Waals surface area contributed by atoms with E-state index >= 15 is 0 Å². The van der Waals surface area contributed by atoms with Gasteiger partial charge >= 0.3 is 0 Å². The summed E-state index contributed by atoms with van der Waals surface area (Å²) in [5.41, 5.74) is 2.44. The van der Waals surface area contributed by atoms with Gasteiger partial charge in [0.1, 0.15) is 17.8 Å². The number of H-pyrrole nitrogens is 1. The first kappa shape index (κ1) is 38.6. The lowest BCUT2D eigenvalue weighted by Crippen LogP contribution is -2.57. The summed E-state index contributed by atoms with van der Waals surface area (Å²) in [6, 6.07) is 13.8. The van der Waals surface area contributed by atoms with Gasteiger partial charge in [-0.05, 0) is 60.3 Å². The number of nitrogens with one attached hydrogen (secondary N) is 4. The molecule has 5 atom stereocenters. The van der Waals surface area contributed by atoms with E-state index in [1.165, 1.54) is 12.7 Å². The number of hydrogen-bond acceptors (Lipinski definition) is 6. The highest BCUT2D eigenvalue weighted by Crippen LogP contribution is 2.30. The number of nitrogens with zero attached hydrogens (tertiary/aromatic N) is 1. The summed E-state index contributed by atoms with van der Waals surface area (Å²) in [6.07, 6.45) is 11.4. The first-order valence-corrected chi connectivity index (χ1v) is 18.5. The van der Waals surface area contributed by atoms with Crippen molar-refractivity contribution in [2.45, 2.75) is 122 Å². The number of aromatic nitrogens is 2. The van der Waals surface area contributed by atoms with Crippen LogP contribution in [0.15, 0.2) is 67.1 Å². The van der Waals surface area contributed by atoms with E-state index < -0.39 is 30.1 Å². The normalized spacial score (nSPS) is 16.6. The van der Waals surface area contributed by atoms with Crippen molar-refractivity contribution >= 4 is 17.7 Å². The molecule has 0 unspecified atom stereocenters. The molecule has 6 N–H and O–H groups in total. The van der Waals surface area contributed by atoms with Crippen molar-refractivity contribution in [1.82, 2.24) is 25.9 Å². The summed E-state index contributed by atoms with van der Waals surface area (Å²) in [5, 5.41) is 30.2. The molecule has 3 aromatic rings. The molecule has 10 heteroatoms. The summed E-state index contributed by atoms with van der Waals surface area (Å²) in [4.78, 5) is 48.5. The number of hydrogen-bond donors (Lipinski definition) is 6. The SMILES string of the molecule is CC[C@@H](C[C@H](O)[C@H](CC1CCCCC1)NC(=O)[C@H](Cc1cnc[nH]1)NC(=O)[C@H](Cc1ccccc1)NC(=O)CCc1ccc(O)cc1)C(C)C. The number of aromatic amines is 1. The van der Waals surface area contributed by atoms with Gasteiger partial charge in [0.05, 0.1) is 18.5 Å². The Morgan fingerprint density at radius 3 is 2.20 bits per heavy atom. The maximum atomic E-state index is 14.2. The Hall–Kier alpha value is -4.18. The van der Waals surface area contributed by atoms with Crippen LogP contribution in [0, 0.1) is 17.8 Å². The molecule has 1 aliphatic carbocycles. The number of benzene rings is 2. The Morgan fingerprint density at radius 1 is 0.880 bits per heavy atom. The Kier molecular flexibility index (Phi) is 15.3. The lowest BCUT2D eigenvalue weighted by Gasteiger charge is -2.33. The largest absolute Gasteiger partial charge is 0.508 e. The highest BCUT2D eigenvalue weighted by atomic mass is 16.3. The monoisotopic (exact) mass is 687 g/mol. The molecule has 0 spiro atoms. The molecule has 1 fully saturated rings. The van der Waals surface area contributed by atoms with Crippen molar-refractivity contribution < 1.29 is 24.6 Å². The van der Waals surface area contributed by atoms with Crippen molar-refractivity contribution in [3.8, 4) is 5.75 Å². The molecule has 0 radical (unpaired) electrons. The number of aliphatic hydroxyl groups excluding tert-OH is 1. The number of carbonyl (C=O) groups is 3. The second kappa shape index (κ2) is 19.9. The highest BCUT2D eigenvalue weighted by molar-refractivity contribution is 5.92. The first-order chi connectivity index (χ1) is 24.1. The molecule has 1 heterocycles. The van der Waals surface area contributed by atoms with Gasteiger partial charge in [-0.15, -0.1) is 0 Å². The lowest BCUT2D eigenvalue weighted by atomic mass is 9.80. The van der Waals surface area contributed by atoms with E-state index in [2.05, 4.69) is 46.7 Å². The van der Waals surface area contributed by atoms with Crippen LogP contribution in [-0.4, -0.2) is 62.1 Å². The molecule has 0 bridgehead atoms. The third-order valence-electron chi connectivity index (χ3n) is 10.2. The fourth-order valence-electron chi connectivity index (χ4n) is 7.11. The number of aryl methyl sites for hydroxylation is 1. The van der Waals surface area contributed by atoms with E-state index in [9.17, 15) is 24.6 Å². The van der Waals surface area contributed by atoms with Gasteiger partial charge in [0, 0.05) is 31.2 Å². The summed E-state index contributed by atoms with van der Waals surface area (Å²) in [7, 11) is 0. The van der Waals surface area contributed by atoms with Crippen LogP contribution in [0.4, 0.5) is 0 Å². The molecule has 50 heavy (non-hydrogen) atoms. The number of aliphatic hydroxyl groups is 1. The summed E-state index contributed by atoms with van der Waals surface area (Å²) >= 11 is 0. The van der Waals surface area contributed by atoms with Gasteiger partial charge in [-0.3, -0.25) is 14.4 Å². The summed E-state index contributed by atoms with van der Waals surface area (Å²) in [5.74, 6) is 0.176. The van der Waals surface area contributed by atoms with Crippen LogP contribution in [0.25, 0.3) is 0 Å². The smallest absolute Gasteiger partial charge is 0.243 e. The van der Waals surface area contributed by atoms with Gasteiger partial charge in [-0.2, -0.15) is 0 Å². The van der Waals surface area contributed by atoms with Gasteiger partial charge in [0.25, 0.3) is 0 Å². The van der Waals surface area contributed by atoms with Gasteiger partial charge in [-0.25, -0.2) is 4.98 Å². The zero-order chi connectivity index (χ0) is 35.9. The number of phenolic OH excluding ortho intramolecular Hbond substituents is 1. The van der Waals surface area contributed by atoms with Crippen LogP contribution < -0.4 is 16.0 Å². The number of amides is 3. The fraction of sp³-hybridized carbons (Fsp3) is 0.550. The minimum absolute atomic E-state index is 0.150. The first-order valence-electron chi connectivity index (χ1n) is 18.5. The molecule has 3 amide bonds. The third-order valence-corrected chi connectivity index (χ3v) is 10.2. The Bertz CT molecular complexity index is 1440. The molecule has 0 aliphatic heterocycles. The van der Waals surface area contributed by atoms with E-state index in [4.69, 9.17) is 0 Å². The zero-order valence-corrected chi connectivity index (χ0v) is 29.9. The lowest BCUT2D eigenvalue weighted by molar-refractivity contribution is -0.132. The molecule has 2 aromatic carbocycles. The third kappa shape index (κ3) is 12.6. The summed E-state index contributed by atoms with van der Waals surface area (Å²) < 4.78 is 0. The van der Waals surface area contributed by atoms with E-state index in [1.54, 1.807) is 30.5 Å². The minimum Gasteiger partial charge on any atom is -0.508 e. The molecule has 0 saturated heterocycles. The van der Waals surface area contributed by atoms with Crippen LogP contribution in [0.2, 0.25) is 0 Å². The standard InChI is InChI=1S/C40H57N5O5/c1-4-31(27(2)3)23-37(47)34(21-29-11-7-5-8-12-29)44-40(50)36(24-32-25-41-26-42-32)45-39(49)35(22-30-13-9-6-10-14-30)43-38(48)20-17-28-15-18-33(46)19-16-28/h6,9-10,13-16,18-19,25-27,29,31,34-37,46-47H,4-5,7-8,11-12,17,20-24H2,1-3H3,(H,41,42)(H,43,48)(H,44,50)(H,45,49)/t31-,34-,35-,36-,37-/m0/s1. The fourth-order valence-corrected chi connectivity index (χ4v) is 7.11. The van der Waals surface area contributed by atoms with Gasteiger partial charge < -0.3 is 31.1 Å². The van der Waals surface area contributed by atoms with Crippen LogP contribution in [0.1, 0.15) is 95.4 Å². The number of imidazole rings is 1. The summed E-state index contributed by atoms with van der Waals surface area (Å²) in [6.45, 7) is 6.48. The number of carbonyl (C=O) groups excluding carboxylic acids is 3. The molecule has 10 nitrogen and oxygen atoms in total. The van der Waals surface area contributed by atoms with Crippen molar-refractivity contribution in [2.75, 3.05) is 0 Å². The molecule has 272 valence electrons. The van der Waals surface area contributed by atoms with Crippen molar-refractivity contribution in [3.63, 3.8) is 0 Å². The molecular formula is C40H57N5O5. The minimum atomic E-state index is -0.969. The number of phenols is 1. The average molecular weight is 688 g/mol. The topological polar surface area (TPSA) is 156 Å². The molecular weight excluding hydrogens is 630 g/mol. The quantitative estimate of drug-likeness (QED) is 0.0993. The van der Waals surface area contributed by atoms with Crippen molar-refractivity contribution in [3.05, 3.63) is 83.9 Å². The average Bonchev–Trinajstić information content (AvgIpc) is 3.63. The Balaban J connectivity index is 1.51. The predicted molar refractivity (Wildman–Crippen MR) is 195 cm³/mol. The molecule has 4 rings (SSSR count). The maximum Gasteiger partial charge on any atom is 0.243 e. The van der Waals surface area contributed by atoms with E-state index in [1.807, 2.05) is 30.3 Å². The van der Waals surface area contributed by atoms with Crippen LogP contribution in [0.5, 0.6) is 5.75 Å². The second-order valence-corrected chi connectivity index (χ2v) is 14.4. The maximum absolute atomic E-state index is 14.2. The number of aromatic hydroxyl groups is 1. The van der Waals surface area contributed by atoms with Gasteiger partial charge in [0.2, 0.25) is 17.7 Å². The highest BCUT2D eigenvalue weighted by Gasteiger charge is 2.33. The van der Waals surface area contributed by atoms with Gasteiger partial charge in [-0.1, -0.05) is 102 Å². The molecule has 1 saturated carbocycles. The van der Waals surface area contributed by atoms with Crippen LogP contribution in [0.3, 0.4) is 0 Å². The van der Waals surface area contributed by atoms with Crippen molar-refractivity contribution in [2.24, 2.45) is 17.8 Å². The zero-order valence-electron chi connectivity index (χ0n) is 29.9. The van der Waals surface area contributed by atoms with E-state index in [0.29, 0.717) is 42.7 Å². The van der Waals surface area contributed by atoms with E-state index in [-0.39, 0.29) is 36.8 Å². The Labute approximate surface area is 297 Å². The second-order valence-electron chi connectivity index (χ2n) is 14.4. The predicted octanol–water partition coefficient (Wildman–Crippen LogP) is 5.39. The van der Waals surface area contributed by atoms with Crippen LogP contribution >= 0.6 is 0 Å². The molecule has 1 aromatic heterocycles. The molecule has 1 aliphatic rings. The Morgan fingerprint density at radius 2 is 1.56 bits per heavy atom.